The van der Waals surface area contributed by atoms with Crippen LogP contribution in [0.2, 0.25) is 0 Å². The van der Waals surface area contributed by atoms with Crippen molar-refractivity contribution in [2.24, 2.45) is 22.5 Å². The van der Waals surface area contributed by atoms with Crippen molar-refractivity contribution in [2.45, 2.75) is 57.4 Å². The quantitative estimate of drug-likeness (QED) is 0.608. The molecule has 8 heteroatoms. The molecule has 3 saturated carbocycles. The summed E-state index contributed by atoms with van der Waals surface area (Å²) < 4.78 is 0. The molecule has 4 aliphatic rings. The molecule has 0 aromatic rings. The van der Waals surface area contributed by atoms with Crippen LogP contribution in [0, 0.1) is 16.7 Å². The minimum Gasteiger partial charge on any atom is -0.396 e. The summed E-state index contributed by atoms with van der Waals surface area (Å²) in [7, 11) is 0. The lowest BCUT2D eigenvalue weighted by Gasteiger charge is -2.42. The van der Waals surface area contributed by atoms with Gasteiger partial charge in [-0.1, -0.05) is 12.8 Å². The van der Waals surface area contributed by atoms with E-state index >= 15 is 0 Å². The van der Waals surface area contributed by atoms with Gasteiger partial charge >= 0.3 is 6.03 Å². The van der Waals surface area contributed by atoms with Crippen LogP contribution in [0.5, 0.6) is 0 Å². The molecule has 0 bridgehead atoms. The molecule has 4 N–H and O–H groups in total. The Kier molecular flexibility index (Phi) is 5.02. The summed E-state index contributed by atoms with van der Waals surface area (Å²) in [5.41, 5.74) is 5.59. The number of carbonyl (C=O) groups is 3. The molecule has 1 unspecified atom stereocenters. The molecule has 4 rings (SSSR count). The Morgan fingerprint density at radius 3 is 2.21 bits per heavy atom. The second-order valence-electron chi connectivity index (χ2n) is 9.03. The fraction of sp³-hybridized carbons (Fsp3) is 0.850. The summed E-state index contributed by atoms with van der Waals surface area (Å²) >= 11 is 0. The molecule has 1 atom stereocenters. The molecular weight excluding hydrogens is 360 g/mol. The minimum absolute atomic E-state index is 0.000655. The molecule has 28 heavy (non-hydrogen) atoms. The maximum atomic E-state index is 13.5. The highest BCUT2D eigenvalue weighted by Crippen LogP contribution is 2.85. The Morgan fingerprint density at radius 1 is 1.07 bits per heavy atom. The van der Waals surface area contributed by atoms with E-state index in [1.54, 1.807) is 4.90 Å². The Morgan fingerprint density at radius 2 is 1.71 bits per heavy atom. The Labute approximate surface area is 165 Å². The smallest absolute Gasteiger partial charge is 0.312 e. The summed E-state index contributed by atoms with van der Waals surface area (Å²) in [6, 6.07) is -0.769. The van der Waals surface area contributed by atoms with Crippen LogP contribution in [0.15, 0.2) is 0 Å². The first-order valence-electron chi connectivity index (χ1n) is 10.7. The van der Waals surface area contributed by atoms with Gasteiger partial charge in [0.25, 0.3) is 0 Å². The standard InChI is InChI=1S/C20H32N4O4/c21-18(28)22-9-3-15(26)23-10-11-24(14(13-23)4-12-25)17(27)16-19(5-1-6-19)20(16)7-2-8-20/h14,16,25H,1-13H2,(H3,21,22,28). The molecular formula is C20H32N4O4. The second kappa shape index (κ2) is 7.21. The lowest BCUT2D eigenvalue weighted by atomic mass is 9.67. The number of nitrogens with one attached hydrogen (secondary N) is 1. The number of nitrogens with two attached hydrogens (primary N) is 1. The number of amides is 4. The number of hydrogen-bond acceptors (Lipinski definition) is 4. The molecule has 1 aliphatic heterocycles. The monoisotopic (exact) mass is 392 g/mol. The van der Waals surface area contributed by atoms with E-state index in [2.05, 4.69) is 5.32 Å². The Hall–Kier alpha value is -1.83. The zero-order valence-corrected chi connectivity index (χ0v) is 16.5. The summed E-state index contributed by atoms with van der Waals surface area (Å²) in [6.07, 6.45) is 7.94. The number of primary amides is 1. The summed E-state index contributed by atoms with van der Waals surface area (Å²) in [4.78, 5) is 40.4. The third kappa shape index (κ3) is 2.88. The number of carbonyl (C=O) groups excluding carboxylic acids is 3. The summed E-state index contributed by atoms with van der Waals surface area (Å²) in [5, 5.41) is 11.9. The third-order valence-electron chi connectivity index (χ3n) is 7.97. The number of aliphatic hydroxyl groups excluding tert-OH is 1. The van der Waals surface area contributed by atoms with Gasteiger partial charge in [0, 0.05) is 39.2 Å². The first-order valence-corrected chi connectivity index (χ1v) is 10.7. The van der Waals surface area contributed by atoms with Gasteiger partial charge in [0.1, 0.15) is 0 Å². The van der Waals surface area contributed by atoms with Crippen LogP contribution in [0.4, 0.5) is 4.79 Å². The molecule has 0 aromatic carbocycles. The van der Waals surface area contributed by atoms with Crippen LogP contribution in [0.3, 0.4) is 0 Å². The number of aliphatic hydroxyl groups is 1. The van der Waals surface area contributed by atoms with Crippen molar-refractivity contribution >= 4 is 17.8 Å². The average molecular weight is 393 g/mol. The number of rotatable bonds is 6. The molecule has 1 heterocycles. The highest BCUT2D eigenvalue weighted by molar-refractivity contribution is 5.86. The van der Waals surface area contributed by atoms with Crippen LogP contribution < -0.4 is 11.1 Å². The van der Waals surface area contributed by atoms with Crippen LogP contribution in [0.25, 0.3) is 0 Å². The topological polar surface area (TPSA) is 116 Å². The average Bonchev–Trinajstić information content (AvgIpc) is 3.27. The fourth-order valence-corrected chi connectivity index (χ4v) is 6.28. The highest BCUT2D eigenvalue weighted by Gasteiger charge is 2.81. The van der Waals surface area contributed by atoms with E-state index in [1.807, 2.05) is 4.90 Å². The first-order chi connectivity index (χ1) is 13.4. The van der Waals surface area contributed by atoms with Gasteiger partial charge in [-0.05, 0) is 42.9 Å². The molecule has 0 aromatic heterocycles. The molecule has 8 nitrogen and oxygen atoms in total. The van der Waals surface area contributed by atoms with Gasteiger partial charge in [-0.25, -0.2) is 4.79 Å². The minimum atomic E-state index is -0.638. The van der Waals surface area contributed by atoms with Crippen molar-refractivity contribution in [1.29, 1.82) is 0 Å². The van der Waals surface area contributed by atoms with Crippen LogP contribution in [-0.4, -0.2) is 71.6 Å². The van der Waals surface area contributed by atoms with Crippen molar-refractivity contribution in [3.05, 3.63) is 0 Å². The molecule has 4 fully saturated rings. The van der Waals surface area contributed by atoms with Crippen molar-refractivity contribution in [1.82, 2.24) is 15.1 Å². The predicted molar refractivity (Wildman–Crippen MR) is 102 cm³/mol. The Balaban J connectivity index is 1.38. The van der Waals surface area contributed by atoms with E-state index in [9.17, 15) is 19.5 Å². The number of urea groups is 1. The van der Waals surface area contributed by atoms with E-state index in [0.29, 0.717) is 26.1 Å². The largest absolute Gasteiger partial charge is 0.396 e. The van der Waals surface area contributed by atoms with Gasteiger partial charge in [-0.2, -0.15) is 0 Å². The summed E-state index contributed by atoms with van der Waals surface area (Å²) in [6.45, 7) is 1.71. The molecule has 4 amide bonds. The molecule has 3 aliphatic carbocycles. The van der Waals surface area contributed by atoms with Gasteiger partial charge in [-0.3, -0.25) is 9.59 Å². The van der Waals surface area contributed by atoms with E-state index in [1.165, 1.54) is 38.5 Å². The first kappa shape index (κ1) is 19.5. The van der Waals surface area contributed by atoms with Crippen LogP contribution >= 0.6 is 0 Å². The highest BCUT2D eigenvalue weighted by atomic mass is 16.3. The molecule has 156 valence electrons. The lowest BCUT2D eigenvalue weighted by Crippen LogP contribution is -2.57. The van der Waals surface area contributed by atoms with Gasteiger partial charge in [-0.15, -0.1) is 0 Å². The van der Waals surface area contributed by atoms with E-state index in [-0.39, 0.29) is 54.2 Å². The van der Waals surface area contributed by atoms with E-state index in [4.69, 9.17) is 5.73 Å². The van der Waals surface area contributed by atoms with Gasteiger partial charge in [0.05, 0.1) is 12.0 Å². The van der Waals surface area contributed by atoms with Crippen LogP contribution in [-0.2, 0) is 9.59 Å². The van der Waals surface area contributed by atoms with Crippen LogP contribution in [0.1, 0.15) is 51.4 Å². The van der Waals surface area contributed by atoms with E-state index in [0.717, 1.165) is 0 Å². The summed E-state index contributed by atoms with van der Waals surface area (Å²) in [5.74, 6) is 0.382. The van der Waals surface area contributed by atoms with Gasteiger partial charge in [0.2, 0.25) is 11.8 Å². The molecule has 1 saturated heterocycles. The van der Waals surface area contributed by atoms with Crippen molar-refractivity contribution in [2.75, 3.05) is 32.8 Å². The zero-order valence-electron chi connectivity index (χ0n) is 16.5. The number of hydrogen-bond donors (Lipinski definition) is 3. The zero-order chi connectivity index (χ0) is 19.9. The SMILES string of the molecule is NC(=O)NCCC(=O)N1CCN(C(=O)C2C3(CCC3)C23CCC3)C(CCO)C1. The normalized spacial score (nSPS) is 27.2. The maximum Gasteiger partial charge on any atom is 0.312 e. The van der Waals surface area contributed by atoms with Gasteiger partial charge < -0.3 is 26.0 Å². The molecule has 0 radical (unpaired) electrons. The number of nitrogens with zero attached hydrogens (tertiary/aromatic N) is 2. The lowest BCUT2D eigenvalue weighted by molar-refractivity contribution is -0.145. The van der Waals surface area contributed by atoms with Crippen molar-refractivity contribution in [3.63, 3.8) is 0 Å². The third-order valence-corrected chi connectivity index (χ3v) is 7.97. The maximum absolute atomic E-state index is 13.5. The van der Waals surface area contributed by atoms with Gasteiger partial charge in [0.15, 0.2) is 0 Å². The number of fused-ring (bicyclic) bond motifs is 1. The van der Waals surface area contributed by atoms with Crippen molar-refractivity contribution < 1.29 is 19.5 Å². The molecule has 2 spiro atoms. The van der Waals surface area contributed by atoms with E-state index < -0.39 is 6.03 Å². The second-order valence-corrected chi connectivity index (χ2v) is 9.03. The number of piperazine rings is 1. The Bertz CT molecular complexity index is 639. The van der Waals surface area contributed by atoms with Crippen molar-refractivity contribution in [3.8, 4) is 0 Å². The fourth-order valence-electron chi connectivity index (χ4n) is 6.28. The predicted octanol–water partition coefficient (Wildman–Crippen LogP) is 0.437.